The zero-order valence-electron chi connectivity index (χ0n) is 15.1. The number of aromatic nitrogens is 3. The highest BCUT2D eigenvalue weighted by atomic mass is 35.5. The number of carbonyl (C=O) groups is 1. The van der Waals surface area contributed by atoms with E-state index in [-0.39, 0.29) is 17.1 Å². The molecule has 2 aromatic heterocycles. The highest BCUT2D eigenvalue weighted by Gasteiger charge is 2.13. The highest BCUT2D eigenvalue weighted by Crippen LogP contribution is 2.32. The van der Waals surface area contributed by atoms with E-state index >= 15 is 0 Å². The quantitative estimate of drug-likeness (QED) is 0.528. The number of aromatic amines is 1. The predicted molar refractivity (Wildman–Crippen MR) is 107 cm³/mol. The van der Waals surface area contributed by atoms with Crippen LogP contribution in [0.4, 0.5) is 10.1 Å². The molecule has 0 atom stereocenters. The van der Waals surface area contributed by atoms with Gasteiger partial charge in [-0.05, 0) is 36.4 Å². The lowest BCUT2D eigenvalue weighted by molar-refractivity contribution is 0.102. The van der Waals surface area contributed by atoms with Crippen LogP contribution in [0.15, 0.2) is 59.7 Å². The zero-order chi connectivity index (χ0) is 20.5. The summed E-state index contributed by atoms with van der Waals surface area (Å²) in [6.07, 6.45) is 2.90. The summed E-state index contributed by atoms with van der Waals surface area (Å²) >= 11 is 5.97. The topological polar surface area (TPSA) is 89.0 Å². The number of fused-ring (bicyclic) bond motifs is 1. The Hall–Kier alpha value is -3.65. The van der Waals surface area contributed by atoms with E-state index in [1.54, 1.807) is 30.5 Å². The van der Waals surface area contributed by atoms with Crippen molar-refractivity contribution in [2.24, 2.45) is 7.05 Å². The molecule has 0 aliphatic heterocycles. The molecule has 0 unspecified atom stereocenters. The molecule has 7 nitrogen and oxygen atoms in total. The number of benzene rings is 2. The van der Waals surface area contributed by atoms with Gasteiger partial charge in [-0.15, -0.1) is 0 Å². The fourth-order valence-electron chi connectivity index (χ4n) is 2.77. The zero-order valence-corrected chi connectivity index (χ0v) is 15.8. The summed E-state index contributed by atoms with van der Waals surface area (Å²) in [6.45, 7) is 0. The van der Waals surface area contributed by atoms with Crippen molar-refractivity contribution in [2.75, 3.05) is 5.32 Å². The SMILES string of the molecule is Cn1cc(C(=O)Nc2ccc(Oc3ccnc4cc(Cl)ccc34)c(F)c2)[nH]c1=O. The molecule has 0 aliphatic carbocycles. The third kappa shape index (κ3) is 3.83. The van der Waals surface area contributed by atoms with E-state index in [0.717, 1.165) is 6.07 Å². The smallest absolute Gasteiger partial charge is 0.325 e. The maximum atomic E-state index is 14.5. The monoisotopic (exact) mass is 412 g/mol. The Kier molecular flexibility index (Phi) is 4.77. The first-order valence-corrected chi connectivity index (χ1v) is 8.87. The summed E-state index contributed by atoms with van der Waals surface area (Å²) in [5.41, 5.74) is 0.489. The van der Waals surface area contributed by atoms with Gasteiger partial charge in [0.2, 0.25) is 0 Å². The Bertz CT molecular complexity index is 1300. The number of imidazole rings is 1. The van der Waals surface area contributed by atoms with Crippen molar-refractivity contribution < 1.29 is 13.9 Å². The number of nitrogens with one attached hydrogen (secondary N) is 2. The van der Waals surface area contributed by atoms with Crippen LogP contribution < -0.4 is 15.7 Å². The van der Waals surface area contributed by atoms with Gasteiger partial charge in [0, 0.05) is 41.6 Å². The number of nitrogens with zero attached hydrogens (tertiary/aromatic N) is 2. The standard InChI is InChI=1S/C20H14ClFN4O3/c1-26-10-16(25-20(26)28)19(27)24-12-3-5-18(14(22)9-12)29-17-6-7-23-15-8-11(21)2-4-13(15)17/h2-10H,1H3,(H,24,27)(H,25,28). The molecule has 2 N–H and O–H groups in total. The van der Waals surface area contributed by atoms with Gasteiger partial charge in [0.1, 0.15) is 11.4 Å². The molecule has 2 aromatic carbocycles. The van der Waals surface area contributed by atoms with Gasteiger partial charge in [-0.1, -0.05) is 11.6 Å². The van der Waals surface area contributed by atoms with E-state index in [2.05, 4.69) is 15.3 Å². The second-order valence-corrected chi connectivity index (χ2v) is 6.69. The molecule has 2 heterocycles. The summed E-state index contributed by atoms with van der Waals surface area (Å²) < 4.78 is 21.5. The number of ether oxygens (including phenoxy) is 1. The first kappa shape index (κ1) is 18.7. The molecule has 4 aromatic rings. The lowest BCUT2D eigenvalue weighted by Gasteiger charge is -2.11. The van der Waals surface area contributed by atoms with Crippen LogP contribution in [0, 0.1) is 5.82 Å². The molecule has 1 amide bonds. The lowest BCUT2D eigenvalue weighted by atomic mass is 10.2. The number of H-pyrrole nitrogens is 1. The summed E-state index contributed by atoms with van der Waals surface area (Å²) in [5, 5.41) is 3.74. The minimum absolute atomic E-state index is 0.0152. The van der Waals surface area contributed by atoms with Crippen LogP contribution >= 0.6 is 11.6 Å². The predicted octanol–water partition coefficient (Wildman–Crippen LogP) is 4.10. The lowest BCUT2D eigenvalue weighted by Crippen LogP contribution is -2.15. The summed E-state index contributed by atoms with van der Waals surface area (Å²) in [4.78, 5) is 30.2. The molecule has 0 bridgehead atoms. The number of rotatable bonds is 4. The van der Waals surface area contributed by atoms with Crippen LogP contribution in [0.5, 0.6) is 11.5 Å². The van der Waals surface area contributed by atoms with Crippen LogP contribution in [-0.4, -0.2) is 20.4 Å². The molecular formula is C20H14ClFN4O3. The summed E-state index contributed by atoms with van der Waals surface area (Å²) in [6, 6.07) is 10.8. The average Bonchev–Trinajstić information content (AvgIpc) is 3.02. The van der Waals surface area contributed by atoms with Crippen LogP contribution in [0.25, 0.3) is 10.9 Å². The van der Waals surface area contributed by atoms with Crippen molar-refractivity contribution in [1.82, 2.24) is 14.5 Å². The first-order valence-electron chi connectivity index (χ1n) is 8.49. The molecule has 4 rings (SSSR count). The molecule has 0 radical (unpaired) electrons. The fourth-order valence-corrected chi connectivity index (χ4v) is 2.93. The van der Waals surface area contributed by atoms with E-state index in [0.29, 0.717) is 21.7 Å². The summed E-state index contributed by atoms with van der Waals surface area (Å²) in [7, 11) is 1.51. The molecule has 0 fully saturated rings. The molecule has 0 aliphatic rings. The van der Waals surface area contributed by atoms with E-state index in [1.807, 2.05) is 0 Å². The number of carbonyl (C=O) groups excluding carboxylic acids is 1. The Labute approximate surface area is 168 Å². The van der Waals surface area contributed by atoms with Gasteiger partial charge in [0.15, 0.2) is 11.6 Å². The Morgan fingerprint density at radius 2 is 2.03 bits per heavy atom. The van der Waals surface area contributed by atoms with Gasteiger partial charge >= 0.3 is 5.69 Å². The first-order chi connectivity index (χ1) is 13.9. The molecule has 9 heteroatoms. The number of anilines is 1. The van der Waals surface area contributed by atoms with Gasteiger partial charge in [-0.25, -0.2) is 9.18 Å². The van der Waals surface area contributed by atoms with Crippen LogP contribution in [0.3, 0.4) is 0 Å². The van der Waals surface area contributed by atoms with Crippen molar-refractivity contribution in [3.8, 4) is 11.5 Å². The van der Waals surface area contributed by atoms with E-state index in [4.69, 9.17) is 16.3 Å². The van der Waals surface area contributed by atoms with Crippen molar-refractivity contribution in [2.45, 2.75) is 0 Å². The molecule has 0 spiro atoms. The van der Waals surface area contributed by atoms with E-state index < -0.39 is 17.4 Å². The summed E-state index contributed by atoms with van der Waals surface area (Å²) in [5.74, 6) is -0.821. The number of amides is 1. The Balaban J connectivity index is 1.56. The van der Waals surface area contributed by atoms with Gasteiger partial charge < -0.3 is 19.6 Å². The third-order valence-electron chi connectivity index (χ3n) is 4.20. The largest absolute Gasteiger partial charge is 0.454 e. The second-order valence-electron chi connectivity index (χ2n) is 6.26. The van der Waals surface area contributed by atoms with Crippen LogP contribution in [0.1, 0.15) is 10.5 Å². The molecule has 0 saturated carbocycles. The van der Waals surface area contributed by atoms with Gasteiger partial charge in [0.05, 0.1) is 5.52 Å². The number of halogens is 2. The van der Waals surface area contributed by atoms with Crippen molar-refractivity contribution in [1.29, 1.82) is 0 Å². The van der Waals surface area contributed by atoms with Gasteiger partial charge in [-0.2, -0.15) is 0 Å². The number of hydrogen-bond acceptors (Lipinski definition) is 4. The average molecular weight is 413 g/mol. The number of pyridine rings is 1. The van der Waals surface area contributed by atoms with Crippen molar-refractivity contribution in [3.63, 3.8) is 0 Å². The minimum Gasteiger partial charge on any atom is -0.454 e. The van der Waals surface area contributed by atoms with Crippen molar-refractivity contribution in [3.05, 3.63) is 81.9 Å². The third-order valence-corrected chi connectivity index (χ3v) is 4.44. The fraction of sp³-hybridized carbons (Fsp3) is 0.0500. The maximum absolute atomic E-state index is 14.5. The normalized spacial score (nSPS) is 10.9. The Morgan fingerprint density at radius 1 is 1.21 bits per heavy atom. The van der Waals surface area contributed by atoms with Gasteiger partial charge in [0.25, 0.3) is 5.91 Å². The van der Waals surface area contributed by atoms with E-state index in [9.17, 15) is 14.0 Å². The van der Waals surface area contributed by atoms with Gasteiger partial charge in [-0.3, -0.25) is 9.78 Å². The van der Waals surface area contributed by atoms with Crippen LogP contribution in [-0.2, 0) is 7.05 Å². The molecular weight excluding hydrogens is 399 g/mol. The molecule has 146 valence electrons. The maximum Gasteiger partial charge on any atom is 0.325 e. The van der Waals surface area contributed by atoms with E-state index in [1.165, 1.54) is 29.9 Å². The van der Waals surface area contributed by atoms with Crippen LogP contribution in [0.2, 0.25) is 5.02 Å². The van der Waals surface area contributed by atoms with Crippen molar-refractivity contribution >= 4 is 34.1 Å². The second kappa shape index (κ2) is 7.40. The minimum atomic E-state index is -0.664. The number of hydrogen-bond donors (Lipinski definition) is 2. The highest BCUT2D eigenvalue weighted by molar-refractivity contribution is 6.31. The molecule has 29 heavy (non-hydrogen) atoms. The Morgan fingerprint density at radius 3 is 2.76 bits per heavy atom. The molecule has 0 saturated heterocycles. The number of aryl methyl sites for hydroxylation is 1.